The van der Waals surface area contributed by atoms with E-state index in [0.29, 0.717) is 18.8 Å². The summed E-state index contributed by atoms with van der Waals surface area (Å²) in [6.45, 7) is 5.70. The standard InChI is InChI=1S/C25H40N4O6S/c1-4-16-11-15(2)7-5-6-8-17-13-25(17,23(33)28-36(34,35)24(3)9-10-24)27-21(31)19-12-18(30)14-29(19)22(32)20(16)26/h6,8,15-20,30H,4-5,7,9-14,26H2,1-3H3,(H,27,31)(H,28,33)/b8-6-/t15-,16-,17-,18-,19+,20+,25-/m1/s1. The number of hydrogen-bond donors (Lipinski definition) is 4. The Bertz CT molecular complexity index is 1040. The van der Waals surface area contributed by atoms with E-state index in [4.69, 9.17) is 5.73 Å². The molecule has 2 aliphatic heterocycles. The van der Waals surface area contributed by atoms with E-state index in [0.717, 1.165) is 25.7 Å². The molecule has 202 valence electrons. The van der Waals surface area contributed by atoms with Crippen LogP contribution in [0.3, 0.4) is 0 Å². The molecule has 2 aliphatic carbocycles. The number of aliphatic hydroxyl groups is 1. The Morgan fingerprint density at radius 3 is 2.64 bits per heavy atom. The van der Waals surface area contributed by atoms with Crippen molar-refractivity contribution in [3.63, 3.8) is 0 Å². The Kier molecular flexibility index (Phi) is 7.31. The summed E-state index contributed by atoms with van der Waals surface area (Å²) in [5.41, 5.74) is 4.99. The van der Waals surface area contributed by atoms with Crippen molar-refractivity contribution in [2.45, 2.75) is 101 Å². The summed E-state index contributed by atoms with van der Waals surface area (Å²) in [4.78, 5) is 41.5. The number of nitrogens with zero attached hydrogens (tertiary/aromatic N) is 1. The lowest BCUT2D eigenvalue weighted by Crippen LogP contribution is -2.58. The number of nitrogens with one attached hydrogen (secondary N) is 2. The Hall–Kier alpha value is -1.98. The summed E-state index contributed by atoms with van der Waals surface area (Å²) in [5.74, 6) is -1.80. The first-order valence-corrected chi connectivity index (χ1v) is 14.6. The molecule has 10 nitrogen and oxygen atoms in total. The van der Waals surface area contributed by atoms with Gasteiger partial charge >= 0.3 is 0 Å². The zero-order valence-corrected chi connectivity index (χ0v) is 22.2. The van der Waals surface area contributed by atoms with Gasteiger partial charge in [0.15, 0.2) is 0 Å². The van der Waals surface area contributed by atoms with Gasteiger partial charge in [0.05, 0.1) is 16.9 Å². The number of allylic oxidation sites excluding steroid dienone is 1. The van der Waals surface area contributed by atoms with Crippen LogP contribution in [-0.4, -0.2) is 71.2 Å². The monoisotopic (exact) mass is 524 g/mol. The number of sulfonamides is 1. The van der Waals surface area contributed by atoms with Crippen LogP contribution in [0, 0.1) is 17.8 Å². The molecule has 3 fully saturated rings. The largest absolute Gasteiger partial charge is 0.391 e. The van der Waals surface area contributed by atoms with Gasteiger partial charge in [-0.1, -0.05) is 32.4 Å². The van der Waals surface area contributed by atoms with E-state index in [-0.39, 0.29) is 37.1 Å². The van der Waals surface area contributed by atoms with Crippen molar-refractivity contribution in [3.05, 3.63) is 12.2 Å². The van der Waals surface area contributed by atoms with E-state index in [2.05, 4.69) is 17.0 Å². The lowest BCUT2D eigenvalue weighted by molar-refractivity contribution is -0.141. The average Bonchev–Trinajstić information content (AvgIpc) is 3.69. The van der Waals surface area contributed by atoms with Crippen LogP contribution in [0.25, 0.3) is 0 Å². The van der Waals surface area contributed by atoms with Crippen LogP contribution in [0.4, 0.5) is 0 Å². The summed E-state index contributed by atoms with van der Waals surface area (Å²) in [6, 6.07) is -1.78. The molecule has 7 atom stereocenters. The molecule has 0 bridgehead atoms. The van der Waals surface area contributed by atoms with E-state index in [1.807, 2.05) is 19.1 Å². The van der Waals surface area contributed by atoms with Gasteiger partial charge in [-0.3, -0.25) is 19.1 Å². The molecule has 11 heteroatoms. The highest BCUT2D eigenvalue weighted by molar-refractivity contribution is 7.91. The molecule has 0 aromatic heterocycles. The third-order valence-corrected chi connectivity index (χ3v) is 10.8. The van der Waals surface area contributed by atoms with Crippen LogP contribution in [0.2, 0.25) is 0 Å². The number of aliphatic hydroxyl groups excluding tert-OH is 1. The van der Waals surface area contributed by atoms with Crippen LogP contribution in [0.1, 0.15) is 72.1 Å². The number of carbonyl (C=O) groups excluding carboxylic acids is 3. The van der Waals surface area contributed by atoms with E-state index < -0.39 is 50.3 Å². The van der Waals surface area contributed by atoms with Crippen molar-refractivity contribution in [2.75, 3.05) is 6.54 Å². The van der Waals surface area contributed by atoms with Crippen molar-refractivity contribution in [2.24, 2.45) is 23.5 Å². The number of fused-ring (bicyclic) bond motifs is 2. The molecule has 0 aromatic carbocycles. The third kappa shape index (κ3) is 5.06. The molecule has 0 spiro atoms. The molecular formula is C25H40N4O6S. The summed E-state index contributed by atoms with van der Waals surface area (Å²) in [5, 5.41) is 13.1. The lowest BCUT2D eigenvalue weighted by Gasteiger charge is -2.31. The highest BCUT2D eigenvalue weighted by Crippen LogP contribution is 2.47. The number of nitrogens with two attached hydrogens (primary N) is 1. The van der Waals surface area contributed by atoms with Crippen LogP contribution in [0.15, 0.2) is 12.2 Å². The fourth-order valence-corrected chi connectivity index (χ4v) is 6.92. The summed E-state index contributed by atoms with van der Waals surface area (Å²) in [7, 11) is -3.88. The first kappa shape index (κ1) is 27.1. The SMILES string of the molecule is CC[C@@H]1C[C@H](C)CC/C=C\[C@@H]2C[C@@]2(C(=O)NS(=O)(=O)C2(C)CC2)NC(=O)[C@@H]2C[C@@H](O)CN2C(=O)[C@H]1N. The quantitative estimate of drug-likeness (QED) is 0.391. The van der Waals surface area contributed by atoms with Crippen LogP contribution in [-0.2, 0) is 24.4 Å². The average molecular weight is 525 g/mol. The molecule has 4 aliphatic rings. The molecule has 2 saturated carbocycles. The number of hydrogen-bond acceptors (Lipinski definition) is 7. The van der Waals surface area contributed by atoms with Crippen LogP contribution < -0.4 is 15.8 Å². The minimum atomic E-state index is -3.88. The van der Waals surface area contributed by atoms with Gasteiger partial charge in [-0.2, -0.15) is 0 Å². The zero-order chi connectivity index (χ0) is 26.5. The predicted octanol–water partition coefficient (Wildman–Crippen LogP) is 0.551. The second-order valence-electron chi connectivity index (χ2n) is 11.6. The maximum Gasteiger partial charge on any atom is 0.259 e. The van der Waals surface area contributed by atoms with Crippen molar-refractivity contribution < 1.29 is 27.9 Å². The predicted molar refractivity (Wildman–Crippen MR) is 134 cm³/mol. The summed E-state index contributed by atoms with van der Waals surface area (Å²) < 4.78 is 26.7. The number of carbonyl (C=O) groups is 3. The second-order valence-corrected chi connectivity index (χ2v) is 13.8. The Balaban J connectivity index is 1.62. The van der Waals surface area contributed by atoms with Gasteiger partial charge in [0, 0.05) is 18.9 Å². The normalized spacial score (nSPS) is 39.6. The second kappa shape index (κ2) is 9.72. The molecular weight excluding hydrogens is 484 g/mol. The third-order valence-electron chi connectivity index (χ3n) is 8.68. The van der Waals surface area contributed by atoms with Gasteiger partial charge < -0.3 is 21.1 Å². The summed E-state index contributed by atoms with van der Waals surface area (Å²) in [6.07, 6.45) is 7.38. The maximum absolute atomic E-state index is 13.4. The maximum atomic E-state index is 13.4. The van der Waals surface area contributed by atoms with Gasteiger partial charge in [0.1, 0.15) is 11.6 Å². The van der Waals surface area contributed by atoms with E-state index in [9.17, 15) is 27.9 Å². The first-order chi connectivity index (χ1) is 16.8. The number of rotatable bonds is 4. The highest BCUT2D eigenvalue weighted by Gasteiger charge is 2.63. The fraction of sp³-hybridized carbons (Fsp3) is 0.800. The molecule has 4 rings (SSSR count). The van der Waals surface area contributed by atoms with E-state index in [1.54, 1.807) is 6.92 Å². The Morgan fingerprint density at radius 1 is 1.31 bits per heavy atom. The number of amides is 3. The molecule has 0 aromatic rings. The topological polar surface area (TPSA) is 159 Å². The van der Waals surface area contributed by atoms with Crippen molar-refractivity contribution in [1.29, 1.82) is 0 Å². The van der Waals surface area contributed by atoms with E-state index >= 15 is 0 Å². The fourth-order valence-electron chi connectivity index (χ4n) is 5.61. The zero-order valence-electron chi connectivity index (χ0n) is 21.4. The molecule has 5 N–H and O–H groups in total. The highest BCUT2D eigenvalue weighted by atomic mass is 32.2. The molecule has 36 heavy (non-hydrogen) atoms. The smallest absolute Gasteiger partial charge is 0.259 e. The van der Waals surface area contributed by atoms with Gasteiger partial charge in [-0.15, -0.1) is 0 Å². The minimum Gasteiger partial charge on any atom is -0.391 e. The van der Waals surface area contributed by atoms with Crippen LogP contribution in [0.5, 0.6) is 0 Å². The Morgan fingerprint density at radius 2 is 2.00 bits per heavy atom. The van der Waals surface area contributed by atoms with Crippen LogP contribution >= 0.6 is 0 Å². The van der Waals surface area contributed by atoms with Gasteiger partial charge in [-0.25, -0.2) is 8.42 Å². The molecule has 3 amide bonds. The van der Waals surface area contributed by atoms with Gasteiger partial charge in [-0.05, 0) is 57.3 Å². The van der Waals surface area contributed by atoms with Crippen molar-refractivity contribution in [1.82, 2.24) is 14.9 Å². The van der Waals surface area contributed by atoms with Gasteiger partial charge in [0.25, 0.3) is 5.91 Å². The molecule has 0 radical (unpaired) electrons. The Labute approximate surface area is 213 Å². The van der Waals surface area contributed by atoms with Crippen molar-refractivity contribution in [3.8, 4) is 0 Å². The molecule has 2 heterocycles. The van der Waals surface area contributed by atoms with Gasteiger partial charge in [0.2, 0.25) is 21.8 Å². The molecule has 1 saturated heterocycles. The summed E-state index contributed by atoms with van der Waals surface area (Å²) >= 11 is 0. The lowest BCUT2D eigenvalue weighted by atomic mass is 9.85. The minimum absolute atomic E-state index is 0.00807. The molecule has 0 unspecified atom stereocenters. The van der Waals surface area contributed by atoms with E-state index in [1.165, 1.54) is 4.90 Å². The van der Waals surface area contributed by atoms with Crippen molar-refractivity contribution >= 4 is 27.7 Å². The first-order valence-electron chi connectivity index (χ1n) is 13.1.